The van der Waals surface area contributed by atoms with Gasteiger partial charge < -0.3 is 14.4 Å². The van der Waals surface area contributed by atoms with Gasteiger partial charge in [0.2, 0.25) is 0 Å². The summed E-state index contributed by atoms with van der Waals surface area (Å²) in [5.74, 6) is 0.765. The van der Waals surface area contributed by atoms with Crippen LogP contribution in [0.3, 0.4) is 0 Å². The van der Waals surface area contributed by atoms with Gasteiger partial charge in [-0.15, -0.1) is 0 Å². The molecule has 23 heavy (non-hydrogen) atoms. The van der Waals surface area contributed by atoms with E-state index in [1.54, 1.807) is 7.11 Å². The zero-order valence-corrected chi connectivity index (χ0v) is 13.9. The van der Waals surface area contributed by atoms with Gasteiger partial charge in [-0.2, -0.15) is 0 Å². The number of hydrogen-bond acceptors (Lipinski definition) is 3. The van der Waals surface area contributed by atoms with Gasteiger partial charge in [-0.3, -0.25) is 0 Å². The van der Waals surface area contributed by atoms with Crippen molar-refractivity contribution >= 4 is 23.4 Å². The lowest BCUT2D eigenvalue weighted by Crippen LogP contribution is -2.29. The van der Waals surface area contributed by atoms with Crippen LogP contribution < -0.4 is 4.74 Å². The van der Waals surface area contributed by atoms with Crippen LogP contribution in [0, 0.1) is 0 Å². The molecule has 1 aliphatic rings. The highest BCUT2D eigenvalue weighted by molar-refractivity contribution is 8.00. The van der Waals surface area contributed by atoms with E-state index in [9.17, 15) is 5.11 Å². The number of aliphatic hydroxyl groups is 1. The Morgan fingerprint density at radius 3 is 2.65 bits per heavy atom. The topological polar surface area (TPSA) is 34.4 Å². The monoisotopic (exact) mass is 343 g/mol. The zero-order valence-electron chi connectivity index (χ0n) is 12.4. The average Bonchev–Trinajstić information content (AvgIpc) is 3.07. The smallest absolute Gasteiger partial charge is 0.181 e. The first-order valence-electron chi connectivity index (χ1n) is 7.15. The summed E-state index contributed by atoms with van der Waals surface area (Å²) in [5, 5.41) is 12.1. The molecule has 0 aliphatic carbocycles. The van der Waals surface area contributed by atoms with Gasteiger partial charge in [0.05, 0.1) is 18.5 Å². The van der Waals surface area contributed by atoms with Crippen molar-refractivity contribution in [1.29, 1.82) is 0 Å². The molecular weight excluding hydrogens is 330 g/mol. The summed E-state index contributed by atoms with van der Waals surface area (Å²) in [4.78, 5) is -0.173. The molecule has 0 spiro atoms. The summed E-state index contributed by atoms with van der Waals surface area (Å²) in [5.41, 5.74) is 2.60. The Bertz CT molecular complexity index is 875. The normalized spacial score (nSPS) is 19.1. The molecule has 1 aliphatic heterocycles. The molecule has 0 bridgehead atoms. The maximum absolute atomic E-state index is 11.4. The molecular formula is C18H14ClNO2S. The standard InChI is InChI=1S/C18H14ClNO2S/c1-22-14-7-4-12(5-8-14)18(21)17-3-2-10-20(17)15-11-13(19)6-9-16(15)23-18/h2-11,21H,1H3. The quantitative estimate of drug-likeness (QED) is 0.747. The van der Waals surface area contributed by atoms with E-state index in [2.05, 4.69) is 0 Å². The molecule has 1 aromatic heterocycles. The van der Waals surface area contributed by atoms with E-state index in [1.165, 1.54) is 11.8 Å². The molecule has 3 aromatic rings. The molecule has 4 rings (SSSR count). The molecule has 5 heteroatoms. The van der Waals surface area contributed by atoms with Crippen LogP contribution in [-0.4, -0.2) is 16.8 Å². The predicted molar refractivity (Wildman–Crippen MR) is 92.6 cm³/mol. The van der Waals surface area contributed by atoms with Crippen molar-refractivity contribution in [3.05, 3.63) is 77.1 Å². The lowest BCUT2D eigenvalue weighted by Gasteiger charge is -2.34. The fourth-order valence-corrected chi connectivity index (χ4v) is 4.27. The number of benzene rings is 2. The van der Waals surface area contributed by atoms with Crippen molar-refractivity contribution in [3.63, 3.8) is 0 Å². The summed E-state index contributed by atoms with van der Waals surface area (Å²) >= 11 is 7.55. The van der Waals surface area contributed by atoms with E-state index in [0.29, 0.717) is 5.02 Å². The second kappa shape index (κ2) is 5.34. The van der Waals surface area contributed by atoms with Crippen LogP contribution in [0.4, 0.5) is 0 Å². The second-order valence-corrected chi connectivity index (χ2v) is 7.02. The fourth-order valence-electron chi connectivity index (χ4n) is 2.87. The Hall–Kier alpha value is -1.88. The molecule has 0 fully saturated rings. The van der Waals surface area contributed by atoms with Gasteiger partial charge in [0.15, 0.2) is 4.93 Å². The highest BCUT2D eigenvalue weighted by atomic mass is 35.5. The Labute approximate surface area is 143 Å². The zero-order chi connectivity index (χ0) is 16.0. The number of nitrogens with zero attached hydrogens (tertiary/aromatic N) is 1. The number of methoxy groups -OCH3 is 1. The molecule has 3 nitrogen and oxygen atoms in total. The van der Waals surface area contributed by atoms with Gasteiger partial charge >= 0.3 is 0 Å². The van der Waals surface area contributed by atoms with Gasteiger partial charge in [0.25, 0.3) is 0 Å². The first-order valence-corrected chi connectivity index (χ1v) is 8.35. The summed E-state index contributed by atoms with van der Waals surface area (Å²) in [7, 11) is 1.63. The van der Waals surface area contributed by atoms with Crippen LogP contribution in [0.5, 0.6) is 5.75 Å². The molecule has 2 heterocycles. The van der Waals surface area contributed by atoms with Crippen LogP contribution in [0.1, 0.15) is 11.3 Å². The molecule has 0 amide bonds. The highest BCUT2D eigenvalue weighted by Crippen LogP contribution is 2.51. The lowest BCUT2D eigenvalue weighted by molar-refractivity contribution is 0.172. The third-order valence-electron chi connectivity index (χ3n) is 4.02. The Morgan fingerprint density at radius 2 is 1.91 bits per heavy atom. The molecule has 1 atom stereocenters. The van der Waals surface area contributed by atoms with Gasteiger partial charge in [-0.1, -0.05) is 35.5 Å². The van der Waals surface area contributed by atoms with Crippen molar-refractivity contribution in [3.8, 4) is 11.4 Å². The SMILES string of the molecule is COc1ccc(C2(O)Sc3ccc(Cl)cc3-n3cccc32)cc1. The minimum atomic E-state index is -1.16. The Balaban J connectivity index is 1.89. The molecule has 2 aromatic carbocycles. The Morgan fingerprint density at radius 1 is 1.13 bits per heavy atom. The number of fused-ring (bicyclic) bond motifs is 3. The number of thioether (sulfide) groups is 1. The summed E-state index contributed by atoms with van der Waals surface area (Å²) in [6.45, 7) is 0. The predicted octanol–water partition coefficient (Wildman–Crippen LogP) is 4.44. The van der Waals surface area contributed by atoms with Crippen LogP contribution in [-0.2, 0) is 4.93 Å². The molecule has 1 N–H and O–H groups in total. The first kappa shape index (κ1) is 14.7. The molecule has 0 saturated heterocycles. The summed E-state index contributed by atoms with van der Waals surface area (Å²) in [6.07, 6.45) is 1.94. The lowest BCUT2D eigenvalue weighted by atomic mass is 10.0. The van der Waals surface area contributed by atoms with Crippen molar-refractivity contribution < 1.29 is 9.84 Å². The third kappa shape index (κ3) is 2.26. The minimum Gasteiger partial charge on any atom is -0.497 e. The molecule has 0 radical (unpaired) electrons. The van der Waals surface area contributed by atoms with Crippen LogP contribution >= 0.6 is 23.4 Å². The maximum Gasteiger partial charge on any atom is 0.181 e. The van der Waals surface area contributed by atoms with Crippen LogP contribution in [0.25, 0.3) is 5.69 Å². The van der Waals surface area contributed by atoms with E-state index in [0.717, 1.165) is 27.6 Å². The van der Waals surface area contributed by atoms with Crippen molar-refractivity contribution in [1.82, 2.24) is 4.57 Å². The Kier molecular flexibility index (Phi) is 3.41. The largest absolute Gasteiger partial charge is 0.497 e. The minimum absolute atomic E-state index is 0.680. The van der Waals surface area contributed by atoms with E-state index < -0.39 is 4.93 Å². The number of hydrogen-bond donors (Lipinski definition) is 1. The number of rotatable bonds is 2. The maximum atomic E-state index is 11.4. The molecule has 116 valence electrons. The van der Waals surface area contributed by atoms with E-state index in [-0.39, 0.29) is 0 Å². The van der Waals surface area contributed by atoms with Crippen LogP contribution in [0.2, 0.25) is 5.02 Å². The molecule has 0 saturated carbocycles. The average molecular weight is 344 g/mol. The fraction of sp³-hybridized carbons (Fsp3) is 0.111. The molecule has 1 unspecified atom stereocenters. The van der Waals surface area contributed by atoms with E-state index >= 15 is 0 Å². The van der Waals surface area contributed by atoms with Crippen molar-refractivity contribution in [2.45, 2.75) is 9.83 Å². The highest BCUT2D eigenvalue weighted by Gasteiger charge is 2.40. The van der Waals surface area contributed by atoms with E-state index in [1.807, 2.05) is 65.4 Å². The summed E-state index contributed by atoms with van der Waals surface area (Å²) < 4.78 is 7.19. The van der Waals surface area contributed by atoms with Gasteiger partial charge in [-0.25, -0.2) is 0 Å². The van der Waals surface area contributed by atoms with Gasteiger partial charge in [0.1, 0.15) is 5.75 Å². The first-order chi connectivity index (χ1) is 11.1. The third-order valence-corrected chi connectivity index (χ3v) is 5.56. The van der Waals surface area contributed by atoms with Gasteiger partial charge in [-0.05, 0) is 42.5 Å². The number of ether oxygens (including phenoxy) is 1. The number of halogens is 1. The van der Waals surface area contributed by atoms with Crippen molar-refractivity contribution in [2.24, 2.45) is 0 Å². The van der Waals surface area contributed by atoms with Crippen molar-refractivity contribution in [2.75, 3.05) is 7.11 Å². The van der Waals surface area contributed by atoms with Gasteiger partial charge in [0, 0.05) is 21.7 Å². The summed E-state index contributed by atoms with van der Waals surface area (Å²) in [6, 6.07) is 17.1. The second-order valence-electron chi connectivity index (χ2n) is 5.35. The number of aromatic nitrogens is 1. The van der Waals surface area contributed by atoms with Crippen LogP contribution in [0.15, 0.2) is 65.7 Å². The van der Waals surface area contributed by atoms with E-state index in [4.69, 9.17) is 16.3 Å².